The second-order valence-corrected chi connectivity index (χ2v) is 8.69. The first-order valence-corrected chi connectivity index (χ1v) is 11.1. The van der Waals surface area contributed by atoms with Crippen molar-refractivity contribution in [2.24, 2.45) is 5.16 Å². The van der Waals surface area contributed by atoms with E-state index in [2.05, 4.69) is 30.2 Å². The summed E-state index contributed by atoms with van der Waals surface area (Å²) in [6.45, 7) is 2.72. The molecule has 15 nitrogen and oxygen atoms in total. The van der Waals surface area contributed by atoms with E-state index in [-0.39, 0.29) is 40.2 Å². The van der Waals surface area contributed by atoms with Gasteiger partial charge in [-0.25, -0.2) is 14.5 Å². The third kappa shape index (κ3) is 4.78. The molecule has 1 atom stereocenters. The van der Waals surface area contributed by atoms with Crippen LogP contribution in [-0.4, -0.2) is 66.7 Å². The SMILES string of the molecule is CON=C(C(=O)N[C@H]1CN(C(=O)NS(=O)(=O)Nc2c(C)noc2C)C1=O)c1csc(N)n1. The molecule has 2 aromatic rings. The Labute approximate surface area is 185 Å². The van der Waals surface area contributed by atoms with Gasteiger partial charge in [0.15, 0.2) is 16.6 Å². The maximum absolute atomic E-state index is 12.4. The first-order valence-electron chi connectivity index (χ1n) is 8.74. The molecule has 1 saturated heterocycles. The Morgan fingerprint density at radius 2 is 2.12 bits per heavy atom. The second-order valence-electron chi connectivity index (χ2n) is 6.38. The van der Waals surface area contributed by atoms with Gasteiger partial charge in [-0.15, -0.1) is 11.3 Å². The number of thiazole rings is 1. The fourth-order valence-electron chi connectivity index (χ4n) is 2.59. The van der Waals surface area contributed by atoms with E-state index in [1.54, 1.807) is 4.72 Å². The molecule has 3 heterocycles. The predicted octanol–water partition coefficient (Wildman–Crippen LogP) is -0.926. The number of carbonyl (C=O) groups is 3. The van der Waals surface area contributed by atoms with Crippen LogP contribution >= 0.6 is 11.3 Å². The average Bonchev–Trinajstić information content (AvgIpc) is 3.28. The standard InChI is InChI=1S/C15H18N8O7S2/c1-6-10(7(2)30-19-6)21-32(27,28)22-15(26)23-4-8(13(23)25)17-12(24)11(20-29-3)9-5-31-14(16)18-9/h5,8,21H,4H2,1-3H3,(H2,16,18)(H,17,24)(H,22,26)/t8-/m0/s1. The number of amides is 4. The number of carbonyl (C=O) groups excluding carboxylic acids is 3. The quantitative estimate of drug-likeness (QED) is 0.214. The van der Waals surface area contributed by atoms with Gasteiger partial charge in [0.25, 0.3) is 11.8 Å². The van der Waals surface area contributed by atoms with E-state index in [1.165, 1.54) is 26.3 Å². The summed E-state index contributed by atoms with van der Waals surface area (Å²) in [7, 11) is -3.15. The van der Waals surface area contributed by atoms with Crippen LogP contribution in [0, 0.1) is 13.8 Å². The van der Waals surface area contributed by atoms with Gasteiger partial charge >= 0.3 is 16.2 Å². The summed E-state index contributed by atoms with van der Waals surface area (Å²) < 4.78 is 33.0. The molecule has 1 aliphatic rings. The van der Waals surface area contributed by atoms with Crippen molar-refractivity contribution in [3.8, 4) is 0 Å². The number of oxime groups is 1. The molecule has 0 saturated carbocycles. The van der Waals surface area contributed by atoms with E-state index in [4.69, 9.17) is 10.3 Å². The van der Waals surface area contributed by atoms with Gasteiger partial charge in [-0.3, -0.25) is 19.2 Å². The van der Waals surface area contributed by atoms with Crippen LogP contribution in [-0.2, 0) is 24.6 Å². The van der Waals surface area contributed by atoms with E-state index in [0.29, 0.717) is 4.90 Å². The highest BCUT2D eigenvalue weighted by molar-refractivity contribution is 7.91. The molecule has 4 amide bonds. The molecule has 0 spiro atoms. The number of likely N-dealkylation sites (tertiary alicyclic amines) is 1. The molecule has 2 aromatic heterocycles. The molecule has 0 unspecified atom stereocenters. The first-order chi connectivity index (χ1) is 15.0. The summed E-state index contributed by atoms with van der Waals surface area (Å²) in [4.78, 5) is 46.1. The lowest BCUT2D eigenvalue weighted by Crippen LogP contribution is -2.68. The van der Waals surface area contributed by atoms with Gasteiger partial charge in [0.1, 0.15) is 30.2 Å². The monoisotopic (exact) mass is 486 g/mol. The highest BCUT2D eigenvalue weighted by Crippen LogP contribution is 2.20. The Kier molecular flexibility index (Phi) is 6.30. The maximum atomic E-state index is 12.4. The molecule has 172 valence electrons. The molecule has 1 aliphatic heterocycles. The number of β-lactam (4-membered cyclic amide) rings is 1. The molecule has 0 bridgehead atoms. The molecule has 32 heavy (non-hydrogen) atoms. The zero-order chi connectivity index (χ0) is 23.6. The van der Waals surface area contributed by atoms with Crippen molar-refractivity contribution in [2.75, 3.05) is 24.1 Å². The summed E-state index contributed by atoms with van der Waals surface area (Å²) in [5.74, 6) is -1.42. The number of nitrogens with two attached hydrogens (primary N) is 1. The van der Waals surface area contributed by atoms with Crippen LogP contribution in [0.2, 0.25) is 0 Å². The van der Waals surface area contributed by atoms with Crippen LogP contribution in [0.25, 0.3) is 0 Å². The number of aryl methyl sites for hydroxylation is 2. The Balaban J connectivity index is 1.59. The number of hydrogen-bond donors (Lipinski definition) is 4. The highest BCUT2D eigenvalue weighted by atomic mass is 32.2. The molecule has 5 N–H and O–H groups in total. The van der Waals surface area contributed by atoms with Crippen LogP contribution in [0.4, 0.5) is 15.6 Å². The van der Waals surface area contributed by atoms with Crippen molar-refractivity contribution in [1.82, 2.24) is 25.1 Å². The zero-order valence-electron chi connectivity index (χ0n) is 16.9. The summed E-state index contributed by atoms with van der Waals surface area (Å²) in [6, 6.07) is -2.28. The van der Waals surface area contributed by atoms with E-state index in [1.807, 2.05) is 0 Å². The number of nitrogens with zero attached hydrogens (tertiary/aromatic N) is 4. The Bertz CT molecular complexity index is 1180. The summed E-state index contributed by atoms with van der Waals surface area (Å²) in [6.07, 6.45) is 0. The lowest BCUT2D eigenvalue weighted by molar-refractivity contribution is -0.141. The minimum absolute atomic E-state index is 0.0676. The lowest BCUT2D eigenvalue weighted by atomic mass is 10.1. The van der Waals surface area contributed by atoms with Gasteiger partial charge in [0.2, 0.25) is 0 Å². The summed E-state index contributed by atoms with van der Waals surface area (Å²) in [5, 5.41) is 11.2. The van der Waals surface area contributed by atoms with Crippen LogP contribution in [0.5, 0.6) is 0 Å². The average molecular weight is 486 g/mol. The summed E-state index contributed by atoms with van der Waals surface area (Å²) >= 11 is 1.08. The highest BCUT2D eigenvalue weighted by Gasteiger charge is 2.43. The third-order valence-corrected chi connectivity index (χ3v) is 5.72. The first kappa shape index (κ1) is 22.9. The number of nitrogens with one attached hydrogen (secondary N) is 3. The topological polar surface area (TPSA) is 211 Å². The Hall–Kier alpha value is -3.73. The number of urea groups is 1. The van der Waals surface area contributed by atoms with Crippen molar-refractivity contribution in [3.63, 3.8) is 0 Å². The number of rotatable bonds is 7. The molecule has 3 rings (SSSR count). The maximum Gasteiger partial charge on any atom is 0.339 e. The van der Waals surface area contributed by atoms with Crippen molar-refractivity contribution < 1.29 is 32.2 Å². The number of aromatic nitrogens is 2. The van der Waals surface area contributed by atoms with Crippen LogP contribution in [0.1, 0.15) is 17.1 Å². The van der Waals surface area contributed by atoms with Gasteiger partial charge < -0.3 is 20.4 Å². The van der Waals surface area contributed by atoms with Crippen LogP contribution in [0.15, 0.2) is 15.1 Å². The molecular formula is C15H18N8O7S2. The van der Waals surface area contributed by atoms with Crippen molar-refractivity contribution in [3.05, 3.63) is 22.5 Å². The van der Waals surface area contributed by atoms with Gasteiger partial charge in [0, 0.05) is 5.38 Å². The van der Waals surface area contributed by atoms with E-state index in [0.717, 1.165) is 11.3 Å². The molecule has 0 aromatic carbocycles. The second kappa shape index (κ2) is 8.79. The Morgan fingerprint density at radius 1 is 1.41 bits per heavy atom. The molecule has 0 aliphatic carbocycles. The fraction of sp³-hybridized carbons (Fsp3) is 0.333. The van der Waals surface area contributed by atoms with Gasteiger partial charge in [-0.1, -0.05) is 10.3 Å². The minimum atomic E-state index is -4.37. The zero-order valence-corrected chi connectivity index (χ0v) is 18.5. The molecular weight excluding hydrogens is 468 g/mol. The molecule has 0 radical (unpaired) electrons. The molecule has 1 fully saturated rings. The van der Waals surface area contributed by atoms with E-state index >= 15 is 0 Å². The van der Waals surface area contributed by atoms with Crippen molar-refractivity contribution >= 4 is 55.9 Å². The number of hydrogen-bond acceptors (Lipinski definition) is 12. The van der Waals surface area contributed by atoms with Crippen molar-refractivity contribution in [1.29, 1.82) is 0 Å². The van der Waals surface area contributed by atoms with E-state index < -0.39 is 34.1 Å². The van der Waals surface area contributed by atoms with Gasteiger partial charge in [-0.2, -0.15) is 8.42 Å². The van der Waals surface area contributed by atoms with Crippen LogP contribution in [0.3, 0.4) is 0 Å². The Morgan fingerprint density at radius 3 is 2.66 bits per heavy atom. The lowest BCUT2D eigenvalue weighted by Gasteiger charge is -2.36. The number of nitrogen functional groups attached to an aromatic ring is 1. The number of imide groups is 1. The minimum Gasteiger partial charge on any atom is -0.398 e. The largest absolute Gasteiger partial charge is 0.398 e. The smallest absolute Gasteiger partial charge is 0.339 e. The summed E-state index contributed by atoms with van der Waals surface area (Å²) in [5.41, 5.74) is 5.80. The predicted molar refractivity (Wildman–Crippen MR) is 111 cm³/mol. The van der Waals surface area contributed by atoms with Crippen LogP contribution < -0.4 is 20.5 Å². The fourth-order valence-corrected chi connectivity index (χ4v) is 4.09. The normalized spacial score (nSPS) is 16.3. The van der Waals surface area contributed by atoms with Gasteiger partial charge in [-0.05, 0) is 13.8 Å². The van der Waals surface area contributed by atoms with Crippen molar-refractivity contribution in [2.45, 2.75) is 19.9 Å². The number of anilines is 2. The van der Waals surface area contributed by atoms with Gasteiger partial charge in [0.05, 0.1) is 6.54 Å². The third-order valence-electron chi connectivity index (χ3n) is 4.13. The van der Waals surface area contributed by atoms with E-state index in [9.17, 15) is 22.8 Å². The molecule has 17 heteroatoms.